The van der Waals surface area contributed by atoms with Crippen molar-refractivity contribution in [1.29, 1.82) is 0 Å². The predicted octanol–water partition coefficient (Wildman–Crippen LogP) is 2.38. The molecule has 0 aliphatic rings. The van der Waals surface area contributed by atoms with Crippen LogP contribution < -0.4 is 4.74 Å². The fraction of sp³-hybridized carbons (Fsp3) is 0.188. The molecule has 0 heterocycles. The van der Waals surface area contributed by atoms with E-state index >= 15 is 0 Å². The minimum absolute atomic E-state index is 0.0640. The monoisotopic (exact) mass is 287 g/mol. The molecule has 0 atom stereocenters. The third kappa shape index (κ3) is 3.45. The highest BCUT2D eigenvalue weighted by Gasteiger charge is 2.16. The number of hydrogen-bond donors (Lipinski definition) is 2. The third-order valence-electron chi connectivity index (χ3n) is 3.11. The molecule has 2 aromatic rings. The summed E-state index contributed by atoms with van der Waals surface area (Å²) < 4.78 is 5.14. The molecule has 0 aliphatic heterocycles. The van der Waals surface area contributed by atoms with Gasteiger partial charge in [-0.3, -0.25) is 4.79 Å². The highest BCUT2D eigenvalue weighted by molar-refractivity contribution is 5.97. The summed E-state index contributed by atoms with van der Waals surface area (Å²) in [5.74, 6) is 0.126. The van der Waals surface area contributed by atoms with Gasteiger partial charge in [0, 0.05) is 13.6 Å². The van der Waals surface area contributed by atoms with Crippen molar-refractivity contribution < 1.29 is 19.7 Å². The van der Waals surface area contributed by atoms with Gasteiger partial charge in [0.15, 0.2) is 0 Å². The van der Waals surface area contributed by atoms with E-state index in [-0.39, 0.29) is 23.0 Å². The predicted molar refractivity (Wildman–Crippen MR) is 78.6 cm³/mol. The Balaban J connectivity index is 2.17. The molecule has 110 valence electrons. The molecule has 0 fully saturated rings. The fourth-order valence-corrected chi connectivity index (χ4v) is 2.02. The Labute approximate surface area is 123 Å². The standard InChI is InChI=1S/C16H17NO4/c1-17(10-11-4-3-5-13(8-11)21-2)16(20)14-9-12(18)6-7-15(14)19/h3-9,18-19H,10H2,1-2H3. The van der Waals surface area contributed by atoms with Crippen molar-refractivity contribution >= 4 is 5.91 Å². The maximum atomic E-state index is 12.3. The Hall–Kier alpha value is -2.69. The second-order valence-corrected chi connectivity index (χ2v) is 4.71. The topological polar surface area (TPSA) is 70.0 Å². The largest absolute Gasteiger partial charge is 0.508 e. The quantitative estimate of drug-likeness (QED) is 0.847. The van der Waals surface area contributed by atoms with Gasteiger partial charge < -0.3 is 19.8 Å². The van der Waals surface area contributed by atoms with Crippen LogP contribution in [0.3, 0.4) is 0 Å². The maximum absolute atomic E-state index is 12.3. The van der Waals surface area contributed by atoms with Crippen molar-refractivity contribution in [3.05, 3.63) is 53.6 Å². The van der Waals surface area contributed by atoms with Crippen LogP contribution in [0, 0.1) is 0 Å². The van der Waals surface area contributed by atoms with Crippen LogP contribution >= 0.6 is 0 Å². The Kier molecular flexibility index (Phi) is 4.33. The number of nitrogens with zero attached hydrogens (tertiary/aromatic N) is 1. The zero-order chi connectivity index (χ0) is 15.4. The molecule has 0 spiro atoms. The van der Waals surface area contributed by atoms with E-state index in [9.17, 15) is 15.0 Å². The molecule has 0 aliphatic carbocycles. The second kappa shape index (κ2) is 6.17. The molecular weight excluding hydrogens is 270 g/mol. The normalized spacial score (nSPS) is 10.2. The summed E-state index contributed by atoms with van der Waals surface area (Å²) in [5, 5.41) is 19.2. The smallest absolute Gasteiger partial charge is 0.257 e. The van der Waals surface area contributed by atoms with E-state index in [0.717, 1.165) is 5.56 Å². The number of rotatable bonds is 4. The number of benzene rings is 2. The SMILES string of the molecule is COc1cccc(CN(C)C(=O)c2cc(O)ccc2O)c1. The number of ether oxygens (including phenoxy) is 1. The molecule has 2 N–H and O–H groups in total. The first-order valence-electron chi connectivity index (χ1n) is 6.41. The fourth-order valence-electron chi connectivity index (χ4n) is 2.02. The molecule has 1 amide bonds. The van der Waals surface area contributed by atoms with E-state index in [1.165, 1.54) is 23.1 Å². The number of amides is 1. The van der Waals surface area contributed by atoms with Crippen molar-refractivity contribution in [2.75, 3.05) is 14.2 Å². The number of phenols is 2. The molecule has 0 saturated heterocycles. The second-order valence-electron chi connectivity index (χ2n) is 4.71. The first-order chi connectivity index (χ1) is 10.0. The van der Waals surface area contributed by atoms with Crippen molar-refractivity contribution in [3.8, 4) is 17.2 Å². The van der Waals surface area contributed by atoms with Crippen LogP contribution in [0.2, 0.25) is 0 Å². The molecule has 5 heteroatoms. The van der Waals surface area contributed by atoms with Crippen molar-refractivity contribution in [2.45, 2.75) is 6.54 Å². The first kappa shape index (κ1) is 14.7. The van der Waals surface area contributed by atoms with Crippen molar-refractivity contribution in [1.82, 2.24) is 4.90 Å². The number of carbonyl (C=O) groups is 1. The van der Waals surface area contributed by atoms with Crippen LogP contribution in [-0.2, 0) is 6.54 Å². The summed E-state index contributed by atoms with van der Waals surface area (Å²) in [5.41, 5.74) is 0.977. The average Bonchev–Trinajstić information content (AvgIpc) is 2.49. The lowest BCUT2D eigenvalue weighted by atomic mass is 10.1. The van der Waals surface area contributed by atoms with Gasteiger partial charge in [-0.15, -0.1) is 0 Å². The minimum Gasteiger partial charge on any atom is -0.508 e. The van der Waals surface area contributed by atoms with E-state index in [4.69, 9.17) is 4.74 Å². The molecule has 5 nitrogen and oxygen atoms in total. The molecule has 2 rings (SSSR count). The zero-order valence-electron chi connectivity index (χ0n) is 11.9. The highest BCUT2D eigenvalue weighted by atomic mass is 16.5. The Morgan fingerprint density at radius 3 is 2.67 bits per heavy atom. The lowest BCUT2D eigenvalue weighted by molar-refractivity contribution is 0.0781. The number of phenolic OH excluding ortho intramolecular Hbond substituents is 2. The summed E-state index contributed by atoms with van der Waals surface area (Å²) >= 11 is 0. The Morgan fingerprint density at radius 1 is 1.19 bits per heavy atom. The van der Waals surface area contributed by atoms with E-state index < -0.39 is 0 Å². The van der Waals surface area contributed by atoms with Crippen molar-refractivity contribution in [2.24, 2.45) is 0 Å². The molecule has 0 aromatic heterocycles. The minimum atomic E-state index is -0.369. The van der Waals surface area contributed by atoms with Crippen molar-refractivity contribution in [3.63, 3.8) is 0 Å². The van der Waals surface area contributed by atoms with E-state index in [1.807, 2.05) is 24.3 Å². The number of aromatic hydroxyl groups is 2. The van der Waals surface area contributed by atoms with Crippen LogP contribution in [0.1, 0.15) is 15.9 Å². The highest BCUT2D eigenvalue weighted by Crippen LogP contribution is 2.24. The van der Waals surface area contributed by atoms with Gasteiger partial charge in [0.25, 0.3) is 5.91 Å². The average molecular weight is 287 g/mol. The first-order valence-corrected chi connectivity index (χ1v) is 6.41. The van der Waals surface area contributed by atoms with E-state index in [1.54, 1.807) is 14.2 Å². The van der Waals surface area contributed by atoms with Crippen LogP contribution in [0.15, 0.2) is 42.5 Å². The molecule has 21 heavy (non-hydrogen) atoms. The summed E-state index contributed by atoms with van der Waals surface area (Å²) in [6.45, 7) is 0.366. The molecule has 0 radical (unpaired) electrons. The summed E-state index contributed by atoms with van der Waals surface area (Å²) in [7, 11) is 3.21. The Morgan fingerprint density at radius 2 is 1.95 bits per heavy atom. The third-order valence-corrected chi connectivity index (χ3v) is 3.11. The molecule has 0 unspecified atom stereocenters. The summed E-state index contributed by atoms with van der Waals surface area (Å²) in [4.78, 5) is 13.8. The van der Waals surface area contributed by atoms with Gasteiger partial charge >= 0.3 is 0 Å². The maximum Gasteiger partial charge on any atom is 0.257 e. The molecular formula is C16H17NO4. The molecule has 0 bridgehead atoms. The number of hydrogen-bond acceptors (Lipinski definition) is 4. The lowest BCUT2D eigenvalue weighted by Crippen LogP contribution is -2.26. The van der Waals surface area contributed by atoms with E-state index in [2.05, 4.69) is 0 Å². The Bertz CT molecular complexity index is 654. The van der Waals surface area contributed by atoms with Crippen LogP contribution in [0.4, 0.5) is 0 Å². The summed E-state index contributed by atoms with van der Waals surface area (Å²) in [6.07, 6.45) is 0. The summed E-state index contributed by atoms with van der Waals surface area (Å²) in [6, 6.07) is 11.3. The van der Waals surface area contributed by atoms with Crippen LogP contribution in [0.25, 0.3) is 0 Å². The van der Waals surface area contributed by atoms with Gasteiger partial charge in [-0.05, 0) is 35.9 Å². The van der Waals surface area contributed by atoms with Gasteiger partial charge in [-0.2, -0.15) is 0 Å². The van der Waals surface area contributed by atoms with Gasteiger partial charge in [0.2, 0.25) is 0 Å². The zero-order valence-corrected chi connectivity index (χ0v) is 11.9. The van der Waals surface area contributed by atoms with E-state index in [0.29, 0.717) is 12.3 Å². The van der Waals surface area contributed by atoms with Crippen LogP contribution in [0.5, 0.6) is 17.2 Å². The van der Waals surface area contributed by atoms with Gasteiger partial charge in [0.1, 0.15) is 17.2 Å². The van der Waals surface area contributed by atoms with Crippen LogP contribution in [-0.4, -0.2) is 35.2 Å². The molecule has 0 saturated carbocycles. The van der Waals surface area contributed by atoms with Gasteiger partial charge in [-0.1, -0.05) is 12.1 Å². The van der Waals surface area contributed by atoms with Gasteiger partial charge in [-0.25, -0.2) is 0 Å². The number of carbonyl (C=O) groups excluding carboxylic acids is 1. The molecule has 2 aromatic carbocycles. The van der Waals surface area contributed by atoms with Gasteiger partial charge in [0.05, 0.1) is 12.7 Å². The lowest BCUT2D eigenvalue weighted by Gasteiger charge is -2.18. The number of methoxy groups -OCH3 is 1.